The average Bonchev–Trinajstić information content (AvgIpc) is 2.32. The predicted molar refractivity (Wildman–Crippen MR) is 65.9 cm³/mol. The maximum atomic E-state index is 13.4. The van der Waals surface area contributed by atoms with Gasteiger partial charge in [0, 0.05) is 12.2 Å². The van der Waals surface area contributed by atoms with Gasteiger partial charge < -0.3 is 0 Å². The van der Waals surface area contributed by atoms with Crippen LogP contribution >= 0.6 is 0 Å². The fourth-order valence-corrected chi connectivity index (χ4v) is 3.53. The van der Waals surface area contributed by atoms with Gasteiger partial charge >= 0.3 is 0 Å². The summed E-state index contributed by atoms with van der Waals surface area (Å²) in [5, 5.41) is -0.511. The van der Waals surface area contributed by atoms with Crippen LogP contribution in [0.1, 0.15) is 32.6 Å². The molecule has 1 aliphatic carbocycles. The van der Waals surface area contributed by atoms with Gasteiger partial charge in [-0.2, -0.15) is 0 Å². The molecule has 0 amide bonds. The van der Waals surface area contributed by atoms with Crippen LogP contribution in [-0.2, 0) is 10.0 Å². The number of rotatable bonds is 3. The quantitative estimate of drug-likeness (QED) is 0.916. The molecule has 0 aromatic carbocycles. The number of sulfonamides is 1. The molecular formula is C12H17FN2O2S. The van der Waals surface area contributed by atoms with Gasteiger partial charge in [-0.15, -0.1) is 0 Å². The van der Waals surface area contributed by atoms with Gasteiger partial charge in [0.05, 0.1) is 0 Å². The molecule has 0 bridgehead atoms. The number of aromatic nitrogens is 1. The first-order valence-corrected chi connectivity index (χ1v) is 7.60. The summed E-state index contributed by atoms with van der Waals surface area (Å²) in [6.07, 6.45) is 4.88. The maximum absolute atomic E-state index is 13.4. The number of hydrogen-bond acceptors (Lipinski definition) is 3. The summed E-state index contributed by atoms with van der Waals surface area (Å²) in [7, 11) is -3.84. The Labute approximate surface area is 107 Å². The molecule has 1 aromatic rings. The van der Waals surface area contributed by atoms with E-state index in [4.69, 9.17) is 0 Å². The zero-order chi connectivity index (χ0) is 13.2. The first kappa shape index (κ1) is 13.4. The molecule has 1 N–H and O–H groups in total. The number of nitrogens with zero attached hydrogens (tertiary/aromatic N) is 1. The van der Waals surface area contributed by atoms with Gasteiger partial charge in [0.1, 0.15) is 0 Å². The van der Waals surface area contributed by atoms with E-state index in [0.717, 1.165) is 31.7 Å². The second-order valence-electron chi connectivity index (χ2n) is 4.87. The second-order valence-corrected chi connectivity index (χ2v) is 6.50. The Balaban J connectivity index is 2.11. The molecule has 1 saturated carbocycles. The number of halogens is 1. The van der Waals surface area contributed by atoms with Crippen LogP contribution in [-0.4, -0.2) is 19.4 Å². The van der Waals surface area contributed by atoms with Gasteiger partial charge in [0.15, 0.2) is 5.82 Å². The Kier molecular flexibility index (Phi) is 3.97. The molecule has 1 heterocycles. The zero-order valence-electron chi connectivity index (χ0n) is 10.3. The van der Waals surface area contributed by atoms with E-state index in [9.17, 15) is 12.8 Å². The van der Waals surface area contributed by atoms with E-state index in [1.807, 2.05) is 0 Å². The molecule has 1 fully saturated rings. The van der Waals surface area contributed by atoms with Crippen LogP contribution in [0.15, 0.2) is 23.4 Å². The van der Waals surface area contributed by atoms with Crippen LogP contribution in [0.2, 0.25) is 0 Å². The van der Waals surface area contributed by atoms with Crippen LogP contribution in [0.25, 0.3) is 0 Å². The number of pyridine rings is 1. The summed E-state index contributed by atoms with van der Waals surface area (Å²) in [6, 6.07) is 2.37. The Hall–Kier alpha value is -1.01. The third-order valence-corrected chi connectivity index (χ3v) is 4.77. The van der Waals surface area contributed by atoms with Crippen molar-refractivity contribution in [2.24, 2.45) is 5.92 Å². The first-order valence-electron chi connectivity index (χ1n) is 6.12. The molecule has 0 radical (unpaired) electrons. The van der Waals surface area contributed by atoms with Gasteiger partial charge in [0.2, 0.25) is 5.03 Å². The summed E-state index contributed by atoms with van der Waals surface area (Å²) >= 11 is 0. The van der Waals surface area contributed by atoms with E-state index in [2.05, 4.69) is 16.6 Å². The molecule has 6 heteroatoms. The van der Waals surface area contributed by atoms with E-state index < -0.39 is 20.9 Å². The number of nitrogens with one attached hydrogen (secondary N) is 1. The van der Waals surface area contributed by atoms with Crippen molar-refractivity contribution in [1.82, 2.24) is 9.71 Å². The van der Waals surface area contributed by atoms with Crippen molar-refractivity contribution in [3.8, 4) is 0 Å². The second kappa shape index (κ2) is 5.32. The summed E-state index contributed by atoms with van der Waals surface area (Å²) < 4.78 is 39.9. The molecule has 1 aliphatic rings. The Morgan fingerprint density at radius 3 is 2.61 bits per heavy atom. The van der Waals surface area contributed by atoms with Crippen molar-refractivity contribution >= 4 is 10.0 Å². The lowest BCUT2D eigenvalue weighted by molar-refractivity contribution is 0.331. The molecule has 2 rings (SSSR count). The normalized spacial score (nSPS) is 25.0. The number of hydrogen-bond donors (Lipinski definition) is 1. The highest BCUT2D eigenvalue weighted by atomic mass is 32.2. The minimum Gasteiger partial charge on any atom is -0.241 e. The van der Waals surface area contributed by atoms with Crippen molar-refractivity contribution < 1.29 is 12.8 Å². The fourth-order valence-electron chi connectivity index (χ4n) is 2.22. The maximum Gasteiger partial charge on any atom is 0.261 e. The topological polar surface area (TPSA) is 59.1 Å². The van der Waals surface area contributed by atoms with Crippen LogP contribution in [0, 0.1) is 11.7 Å². The molecule has 0 aliphatic heterocycles. The molecule has 0 saturated heterocycles. The first-order chi connectivity index (χ1) is 8.49. The molecule has 0 unspecified atom stereocenters. The standard InChI is InChI=1S/C12H17FN2O2S/c1-9-4-6-10(7-5-9)15-18(16,17)12-11(13)3-2-8-14-12/h2-3,8-10,15H,4-7H2,1H3. The van der Waals surface area contributed by atoms with E-state index in [1.54, 1.807) is 0 Å². The minimum absolute atomic E-state index is 0.104. The fraction of sp³-hybridized carbons (Fsp3) is 0.583. The largest absolute Gasteiger partial charge is 0.261 e. The Bertz CT molecular complexity index is 511. The minimum atomic E-state index is -3.84. The third kappa shape index (κ3) is 3.05. The van der Waals surface area contributed by atoms with Crippen LogP contribution < -0.4 is 4.72 Å². The highest BCUT2D eigenvalue weighted by Gasteiger charge is 2.26. The lowest BCUT2D eigenvalue weighted by Crippen LogP contribution is -2.38. The third-order valence-electron chi connectivity index (χ3n) is 3.32. The van der Waals surface area contributed by atoms with Crippen molar-refractivity contribution in [2.75, 3.05) is 0 Å². The van der Waals surface area contributed by atoms with Gasteiger partial charge in [0.25, 0.3) is 10.0 Å². The van der Waals surface area contributed by atoms with E-state index in [-0.39, 0.29) is 6.04 Å². The summed E-state index contributed by atoms with van der Waals surface area (Å²) in [5.41, 5.74) is 0. The smallest absolute Gasteiger partial charge is 0.241 e. The lowest BCUT2D eigenvalue weighted by atomic mass is 9.88. The SMILES string of the molecule is CC1CCC(NS(=O)(=O)c2ncccc2F)CC1. The average molecular weight is 272 g/mol. The van der Waals surface area contributed by atoms with E-state index in [1.165, 1.54) is 12.3 Å². The Morgan fingerprint density at radius 2 is 2.00 bits per heavy atom. The van der Waals surface area contributed by atoms with Gasteiger partial charge in [-0.05, 0) is 43.7 Å². The lowest BCUT2D eigenvalue weighted by Gasteiger charge is -2.26. The zero-order valence-corrected chi connectivity index (χ0v) is 11.1. The molecule has 4 nitrogen and oxygen atoms in total. The van der Waals surface area contributed by atoms with E-state index >= 15 is 0 Å². The summed E-state index contributed by atoms with van der Waals surface area (Å²) in [6.45, 7) is 2.16. The van der Waals surface area contributed by atoms with Crippen LogP contribution in [0.3, 0.4) is 0 Å². The van der Waals surface area contributed by atoms with Crippen molar-refractivity contribution in [3.63, 3.8) is 0 Å². The monoisotopic (exact) mass is 272 g/mol. The highest BCUT2D eigenvalue weighted by Crippen LogP contribution is 2.24. The van der Waals surface area contributed by atoms with Crippen molar-refractivity contribution in [2.45, 2.75) is 43.7 Å². The van der Waals surface area contributed by atoms with Crippen molar-refractivity contribution in [1.29, 1.82) is 0 Å². The molecule has 1 aromatic heterocycles. The summed E-state index contributed by atoms with van der Waals surface area (Å²) in [5.74, 6) is -0.175. The highest BCUT2D eigenvalue weighted by molar-refractivity contribution is 7.89. The molecular weight excluding hydrogens is 255 g/mol. The van der Waals surface area contributed by atoms with Crippen LogP contribution in [0.4, 0.5) is 4.39 Å². The van der Waals surface area contributed by atoms with Crippen LogP contribution in [0.5, 0.6) is 0 Å². The summed E-state index contributed by atoms with van der Waals surface area (Å²) in [4.78, 5) is 3.60. The van der Waals surface area contributed by atoms with Gasteiger partial charge in [-0.25, -0.2) is 22.5 Å². The predicted octanol–water partition coefficient (Wildman–Crippen LogP) is 2.08. The molecule has 0 atom stereocenters. The van der Waals surface area contributed by atoms with Gasteiger partial charge in [-0.3, -0.25) is 0 Å². The molecule has 18 heavy (non-hydrogen) atoms. The van der Waals surface area contributed by atoms with E-state index in [0.29, 0.717) is 5.92 Å². The van der Waals surface area contributed by atoms with Crippen molar-refractivity contribution in [3.05, 3.63) is 24.1 Å². The molecule has 0 spiro atoms. The Morgan fingerprint density at radius 1 is 1.33 bits per heavy atom. The van der Waals surface area contributed by atoms with Gasteiger partial charge in [-0.1, -0.05) is 6.92 Å². The molecule has 100 valence electrons.